The number of ether oxygens (including phenoxy) is 2. The largest absolute Gasteiger partial charge is 1.00 e. The lowest BCUT2D eigenvalue weighted by Gasteiger charge is -2.24. The van der Waals surface area contributed by atoms with E-state index in [1.54, 1.807) is 14.2 Å². The molecule has 0 atom stereocenters. The fraction of sp³-hybridized carbons (Fsp3) is 0.333. The summed E-state index contributed by atoms with van der Waals surface area (Å²) in [6, 6.07) is 14.0. The van der Waals surface area contributed by atoms with Crippen molar-refractivity contribution in [3.8, 4) is 23.3 Å². The molecule has 5 heteroatoms. The Balaban J connectivity index is 0.00000312. The SMILES string of the molecule is COc1cc(C#Cc2ccccc2)c(CC[N+](C)(C)C)cc1OC.O.[I-]. The Labute approximate surface area is 174 Å². The number of likely N-dealkylation sites (N-methyl/N-ethyl adjacent to an activating group) is 1. The van der Waals surface area contributed by atoms with Crippen molar-refractivity contribution < 1.29 is 43.4 Å². The number of hydrogen-bond acceptors (Lipinski definition) is 2. The molecule has 0 bridgehead atoms. The summed E-state index contributed by atoms with van der Waals surface area (Å²) in [5.41, 5.74) is 3.18. The van der Waals surface area contributed by atoms with Gasteiger partial charge in [0.05, 0.1) is 41.9 Å². The van der Waals surface area contributed by atoms with Gasteiger partial charge in [0.15, 0.2) is 11.5 Å². The predicted octanol–water partition coefficient (Wildman–Crippen LogP) is -0.468. The van der Waals surface area contributed by atoms with Gasteiger partial charge in [-0.1, -0.05) is 30.0 Å². The van der Waals surface area contributed by atoms with Crippen LogP contribution in [0, 0.1) is 11.8 Å². The van der Waals surface area contributed by atoms with E-state index in [0.29, 0.717) is 5.75 Å². The van der Waals surface area contributed by atoms with E-state index in [-0.39, 0.29) is 29.5 Å². The molecule has 0 amide bonds. The zero-order valence-electron chi connectivity index (χ0n) is 16.1. The van der Waals surface area contributed by atoms with Crippen LogP contribution in [0.1, 0.15) is 16.7 Å². The van der Waals surface area contributed by atoms with Gasteiger partial charge >= 0.3 is 0 Å². The third kappa shape index (κ3) is 7.24. The Morgan fingerprint density at radius 3 is 2.00 bits per heavy atom. The van der Waals surface area contributed by atoms with Gasteiger partial charge in [0.25, 0.3) is 0 Å². The Bertz CT molecular complexity index is 744. The van der Waals surface area contributed by atoms with Gasteiger partial charge in [-0.3, -0.25) is 0 Å². The van der Waals surface area contributed by atoms with Crippen molar-refractivity contribution in [3.63, 3.8) is 0 Å². The highest BCUT2D eigenvalue weighted by molar-refractivity contribution is 5.55. The van der Waals surface area contributed by atoms with Crippen LogP contribution in [0.4, 0.5) is 0 Å². The van der Waals surface area contributed by atoms with E-state index in [1.807, 2.05) is 42.5 Å². The molecule has 2 aromatic carbocycles. The first-order chi connectivity index (χ1) is 11.4. The van der Waals surface area contributed by atoms with Gasteiger partial charge < -0.3 is 43.4 Å². The van der Waals surface area contributed by atoms with Gasteiger partial charge in [-0.15, -0.1) is 0 Å². The molecule has 0 saturated heterocycles. The molecule has 0 heterocycles. The van der Waals surface area contributed by atoms with Crippen LogP contribution in [0.3, 0.4) is 0 Å². The average Bonchev–Trinajstić information content (AvgIpc) is 2.58. The number of hydrogen-bond donors (Lipinski definition) is 0. The van der Waals surface area contributed by atoms with E-state index >= 15 is 0 Å². The van der Waals surface area contributed by atoms with Gasteiger partial charge in [-0.2, -0.15) is 0 Å². The first kappa shape index (κ1) is 24.2. The van der Waals surface area contributed by atoms with Gasteiger partial charge in [0.1, 0.15) is 0 Å². The van der Waals surface area contributed by atoms with Crippen LogP contribution in [0.2, 0.25) is 0 Å². The van der Waals surface area contributed by atoms with Crippen molar-refractivity contribution in [2.24, 2.45) is 0 Å². The normalized spacial score (nSPS) is 9.88. The van der Waals surface area contributed by atoms with E-state index in [9.17, 15) is 0 Å². The quantitative estimate of drug-likeness (QED) is 0.338. The molecule has 0 radical (unpaired) electrons. The lowest BCUT2D eigenvalue weighted by atomic mass is 10.0. The minimum atomic E-state index is 0. The molecule has 0 spiro atoms. The molecule has 26 heavy (non-hydrogen) atoms. The molecular weight excluding hydrogens is 441 g/mol. The van der Waals surface area contributed by atoms with Crippen LogP contribution in [-0.2, 0) is 6.42 Å². The second kappa shape index (κ2) is 11.1. The molecule has 4 nitrogen and oxygen atoms in total. The van der Waals surface area contributed by atoms with Crippen LogP contribution in [0.15, 0.2) is 42.5 Å². The monoisotopic (exact) mass is 469 g/mol. The topological polar surface area (TPSA) is 50.0 Å². The minimum absolute atomic E-state index is 0. The number of nitrogens with zero attached hydrogens (tertiary/aromatic N) is 1. The Morgan fingerprint density at radius 1 is 0.885 bits per heavy atom. The molecule has 0 aliphatic rings. The first-order valence-corrected chi connectivity index (χ1v) is 8.05. The summed E-state index contributed by atoms with van der Waals surface area (Å²) in [6.45, 7) is 1.02. The fourth-order valence-corrected chi connectivity index (χ4v) is 2.36. The van der Waals surface area contributed by atoms with E-state index in [4.69, 9.17) is 9.47 Å². The van der Waals surface area contributed by atoms with Gasteiger partial charge in [0.2, 0.25) is 0 Å². The van der Waals surface area contributed by atoms with Crippen LogP contribution in [0.5, 0.6) is 11.5 Å². The van der Waals surface area contributed by atoms with Gasteiger partial charge in [0, 0.05) is 17.5 Å². The number of quaternary nitrogens is 1. The van der Waals surface area contributed by atoms with Crippen molar-refractivity contribution in [2.75, 3.05) is 41.9 Å². The summed E-state index contributed by atoms with van der Waals surface area (Å²) in [5.74, 6) is 8.00. The summed E-state index contributed by atoms with van der Waals surface area (Å²) in [5, 5.41) is 0. The molecule has 0 unspecified atom stereocenters. The molecule has 2 aromatic rings. The Morgan fingerprint density at radius 2 is 1.46 bits per heavy atom. The zero-order chi connectivity index (χ0) is 17.6. The van der Waals surface area contributed by atoms with Crippen molar-refractivity contribution in [3.05, 3.63) is 59.2 Å². The van der Waals surface area contributed by atoms with E-state index in [0.717, 1.165) is 34.3 Å². The maximum absolute atomic E-state index is 5.45. The standard InChI is InChI=1S/C21H26NO2.HI.H2O/c1-22(2,3)14-13-19-16-21(24-5)20(23-4)15-18(19)12-11-17-9-7-6-8-10-17;;/h6-10,15-16H,13-14H2,1-5H3;1H;1H2/q+1;;/p-1. The molecule has 0 aliphatic carbocycles. The van der Waals surface area contributed by atoms with Crippen molar-refractivity contribution in [1.82, 2.24) is 0 Å². The predicted molar refractivity (Wildman–Crippen MR) is 102 cm³/mol. The third-order valence-corrected chi connectivity index (χ3v) is 3.78. The second-order valence-electron chi connectivity index (χ2n) is 6.74. The van der Waals surface area contributed by atoms with Crippen molar-refractivity contribution in [1.29, 1.82) is 0 Å². The fourth-order valence-electron chi connectivity index (χ4n) is 2.36. The minimum Gasteiger partial charge on any atom is -1.00 e. The molecular formula is C21H28INO3. The third-order valence-electron chi connectivity index (χ3n) is 3.78. The molecule has 2 rings (SSSR count). The summed E-state index contributed by atoms with van der Waals surface area (Å²) in [7, 11) is 9.89. The lowest BCUT2D eigenvalue weighted by Crippen LogP contribution is -3.00. The number of rotatable bonds is 5. The highest BCUT2D eigenvalue weighted by Crippen LogP contribution is 2.30. The maximum atomic E-state index is 5.45. The Kier molecular flexibility index (Phi) is 10.3. The second-order valence-corrected chi connectivity index (χ2v) is 6.74. The van der Waals surface area contributed by atoms with Gasteiger partial charge in [-0.05, 0) is 29.8 Å². The maximum Gasteiger partial charge on any atom is 0.161 e. The molecule has 0 aromatic heterocycles. The van der Waals surface area contributed by atoms with Crippen LogP contribution in [0.25, 0.3) is 0 Å². The lowest BCUT2D eigenvalue weighted by molar-refractivity contribution is -0.870. The summed E-state index contributed by atoms with van der Waals surface area (Å²) in [6.07, 6.45) is 0.933. The summed E-state index contributed by atoms with van der Waals surface area (Å²) < 4.78 is 11.8. The molecule has 142 valence electrons. The van der Waals surface area contributed by atoms with E-state index in [2.05, 4.69) is 33.0 Å². The van der Waals surface area contributed by atoms with Crippen molar-refractivity contribution >= 4 is 0 Å². The number of benzene rings is 2. The molecule has 0 fully saturated rings. The number of methoxy groups -OCH3 is 2. The smallest absolute Gasteiger partial charge is 0.161 e. The van der Waals surface area contributed by atoms with E-state index < -0.39 is 0 Å². The summed E-state index contributed by atoms with van der Waals surface area (Å²) in [4.78, 5) is 0. The average molecular weight is 469 g/mol. The highest BCUT2D eigenvalue weighted by Gasteiger charge is 2.13. The molecule has 0 saturated carbocycles. The van der Waals surface area contributed by atoms with Crippen LogP contribution >= 0.6 is 0 Å². The first-order valence-electron chi connectivity index (χ1n) is 8.05. The summed E-state index contributed by atoms with van der Waals surface area (Å²) >= 11 is 0. The Hall–Kier alpha value is -1.75. The zero-order valence-corrected chi connectivity index (χ0v) is 18.3. The highest BCUT2D eigenvalue weighted by atomic mass is 127. The van der Waals surface area contributed by atoms with E-state index in [1.165, 1.54) is 5.56 Å². The molecule has 0 aliphatic heterocycles. The number of halogens is 1. The molecule has 2 N–H and O–H groups in total. The van der Waals surface area contributed by atoms with Crippen LogP contribution < -0.4 is 33.5 Å². The van der Waals surface area contributed by atoms with Crippen molar-refractivity contribution in [2.45, 2.75) is 6.42 Å². The van der Waals surface area contributed by atoms with Gasteiger partial charge in [-0.25, -0.2) is 0 Å². The van der Waals surface area contributed by atoms with Crippen LogP contribution in [-0.4, -0.2) is 51.9 Å².